The number of nitrogen functional groups attached to an aromatic ring is 1. The van der Waals surface area contributed by atoms with Crippen molar-refractivity contribution in [3.63, 3.8) is 0 Å². The molecule has 0 unspecified atom stereocenters. The van der Waals surface area contributed by atoms with Crippen LogP contribution in [-0.4, -0.2) is 33.8 Å². The molecule has 2 heterocycles. The number of hydrogen-bond acceptors (Lipinski definition) is 6. The normalized spacial score (nSPS) is 11.9. The molecule has 21 heavy (non-hydrogen) atoms. The first-order chi connectivity index (χ1) is 9.88. The molecule has 0 bridgehead atoms. The van der Waals surface area contributed by atoms with Crippen LogP contribution < -0.4 is 5.73 Å². The van der Waals surface area contributed by atoms with Crippen LogP contribution in [-0.2, 0) is 10.0 Å². The van der Waals surface area contributed by atoms with Crippen molar-refractivity contribution in [3.8, 4) is 11.3 Å². The maximum atomic E-state index is 11.8. The molecule has 108 valence electrons. The number of halogens is 1. The lowest BCUT2D eigenvalue weighted by atomic mass is 10.1. The third-order valence-corrected chi connectivity index (χ3v) is 4.03. The zero-order valence-electron chi connectivity index (χ0n) is 10.9. The molecule has 0 saturated heterocycles. The van der Waals surface area contributed by atoms with E-state index in [1.807, 2.05) is 0 Å². The predicted molar refractivity (Wildman–Crippen MR) is 80.4 cm³/mol. The quantitative estimate of drug-likeness (QED) is 0.767. The summed E-state index contributed by atoms with van der Waals surface area (Å²) in [6.07, 6.45) is 2.25. The standard InChI is InChI=1S/C12H10ClN5O2S/c1-21(19,20)18-12-9(11(14)15-6-16-12)10(17-18)7-2-4-8(13)5-3-7/h2-6H,1H3,(H2,14,15,16). The fourth-order valence-electron chi connectivity index (χ4n) is 1.99. The number of benzene rings is 1. The smallest absolute Gasteiger partial charge is 0.252 e. The second kappa shape index (κ2) is 4.68. The van der Waals surface area contributed by atoms with Gasteiger partial charge in [-0.25, -0.2) is 18.4 Å². The number of nitrogens with two attached hydrogens (primary N) is 1. The fourth-order valence-corrected chi connectivity index (χ4v) is 2.80. The highest BCUT2D eigenvalue weighted by Gasteiger charge is 2.21. The molecule has 0 aliphatic carbocycles. The summed E-state index contributed by atoms with van der Waals surface area (Å²) in [4.78, 5) is 7.88. The van der Waals surface area contributed by atoms with Gasteiger partial charge in [0.2, 0.25) is 0 Å². The highest BCUT2D eigenvalue weighted by molar-refractivity contribution is 7.89. The Balaban J connectivity index is 2.41. The van der Waals surface area contributed by atoms with Gasteiger partial charge in [-0.2, -0.15) is 5.10 Å². The first-order valence-electron chi connectivity index (χ1n) is 5.83. The van der Waals surface area contributed by atoms with Crippen molar-refractivity contribution in [1.82, 2.24) is 19.2 Å². The lowest BCUT2D eigenvalue weighted by molar-refractivity contribution is 0.588. The van der Waals surface area contributed by atoms with Gasteiger partial charge in [0.25, 0.3) is 10.0 Å². The summed E-state index contributed by atoms with van der Waals surface area (Å²) >= 11 is 5.86. The SMILES string of the molecule is CS(=O)(=O)n1nc(-c2ccc(Cl)cc2)c2c(N)ncnc21. The molecule has 0 aliphatic heterocycles. The highest BCUT2D eigenvalue weighted by atomic mass is 35.5. The average Bonchev–Trinajstić information content (AvgIpc) is 2.80. The van der Waals surface area contributed by atoms with E-state index in [1.165, 1.54) is 6.33 Å². The molecule has 2 aromatic heterocycles. The largest absolute Gasteiger partial charge is 0.383 e. The van der Waals surface area contributed by atoms with Crippen molar-refractivity contribution in [2.45, 2.75) is 0 Å². The Morgan fingerprint density at radius 3 is 2.48 bits per heavy atom. The van der Waals surface area contributed by atoms with E-state index >= 15 is 0 Å². The topological polar surface area (TPSA) is 104 Å². The monoisotopic (exact) mass is 323 g/mol. The average molecular weight is 324 g/mol. The van der Waals surface area contributed by atoms with Crippen LogP contribution in [0.5, 0.6) is 0 Å². The third kappa shape index (κ3) is 2.32. The molecular weight excluding hydrogens is 314 g/mol. The van der Waals surface area contributed by atoms with E-state index in [9.17, 15) is 8.42 Å². The van der Waals surface area contributed by atoms with Gasteiger partial charge in [0.05, 0.1) is 11.6 Å². The number of hydrogen-bond donors (Lipinski definition) is 1. The molecule has 3 aromatic rings. The van der Waals surface area contributed by atoms with Crippen molar-refractivity contribution in [2.75, 3.05) is 12.0 Å². The molecule has 0 fully saturated rings. The van der Waals surface area contributed by atoms with Gasteiger partial charge in [-0.05, 0) is 12.1 Å². The Hall–Kier alpha value is -2.19. The Morgan fingerprint density at radius 1 is 1.19 bits per heavy atom. The zero-order valence-corrected chi connectivity index (χ0v) is 12.4. The molecule has 0 spiro atoms. The molecule has 0 saturated carbocycles. The summed E-state index contributed by atoms with van der Waals surface area (Å²) in [5.74, 6) is 0.167. The van der Waals surface area contributed by atoms with Crippen LogP contribution in [0.2, 0.25) is 5.02 Å². The Morgan fingerprint density at radius 2 is 1.86 bits per heavy atom. The molecule has 9 heteroatoms. The van der Waals surface area contributed by atoms with E-state index in [2.05, 4.69) is 15.1 Å². The van der Waals surface area contributed by atoms with E-state index in [1.54, 1.807) is 24.3 Å². The van der Waals surface area contributed by atoms with E-state index in [0.29, 0.717) is 21.7 Å². The molecule has 0 atom stereocenters. The molecule has 1 aromatic carbocycles. The second-order valence-electron chi connectivity index (χ2n) is 4.42. The first kappa shape index (κ1) is 13.8. The van der Waals surface area contributed by atoms with Gasteiger partial charge in [0, 0.05) is 10.6 Å². The number of anilines is 1. The summed E-state index contributed by atoms with van der Waals surface area (Å²) in [5, 5.41) is 5.08. The first-order valence-corrected chi connectivity index (χ1v) is 8.06. The number of aromatic nitrogens is 4. The van der Waals surface area contributed by atoms with Crippen LogP contribution in [0.15, 0.2) is 30.6 Å². The predicted octanol–water partition coefficient (Wildman–Crippen LogP) is 1.54. The molecular formula is C12H10ClN5O2S. The number of rotatable bonds is 2. The van der Waals surface area contributed by atoms with Crippen molar-refractivity contribution in [1.29, 1.82) is 0 Å². The van der Waals surface area contributed by atoms with Crippen molar-refractivity contribution in [3.05, 3.63) is 35.6 Å². The molecule has 3 rings (SSSR count). The van der Waals surface area contributed by atoms with Gasteiger partial charge in [-0.15, -0.1) is 4.09 Å². The van der Waals surface area contributed by atoms with Crippen LogP contribution in [0.1, 0.15) is 0 Å². The Kier molecular flexibility index (Phi) is 3.07. The second-order valence-corrected chi connectivity index (χ2v) is 6.67. The van der Waals surface area contributed by atoms with Crippen LogP contribution in [0, 0.1) is 0 Å². The zero-order chi connectivity index (χ0) is 15.2. The van der Waals surface area contributed by atoms with Crippen LogP contribution in [0.4, 0.5) is 5.82 Å². The maximum Gasteiger partial charge on any atom is 0.252 e. The minimum absolute atomic E-state index is 0.148. The lowest BCUT2D eigenvalue weighted by Crippen LogP contribution is -2.12. The van der Waals surface area contributed by atoms with Crippen molar-refractivity contribution >= 4 is 38.5 Å². The molecule has 0 radical (unpaired) electrons. The Labute approximate surface area is 125 Å². The van der Waals surface area contributed by atoms with E-state index in [0.717, 1.165) is 10.3 Å². The van der Waals surface area contributed by atoms with Crippen molar-refractivity contribution < 1.29 is 8.42 Å². The van der Waals surface area contributed by atoms with Gasteiger partial charge < -0.3 is 5.73 Å². The molecule has 2 N–H and O–H groups in total. The van der Waals surface area contributed by atoms with Crippen LogP contribution in [0.25, 0.3) is 22.3 Å². The van der Waals surface area contributed by atoms with Gasteiger partial charge >= 0.3 is 0 Å². The van der Waals surface area contributed by atoms with E-state index < -0.39 is 10.0 Å². The van der Waals surface area contributed by atoms with Gasteiger partial charge in [0.15, 0.2) is 5.65 Å². The minimum Gasteiger partial charge on any atom is -0.383 e. The van der Waals surface area contributed by atoms with Crippen LogP contribution >= 0.6 is 11.6 Å². The van der Waals surface area contributed by atoms with Crippen LogP contribution in [0.3, 0.4) is 0 Å². The molecule has 0 aliphatic rings. The fraction of sp³-hybridized carbons (Fsp3) is 0.0833. The van der Waals surface area contributed by atoms with E-state index in [4.69, 9.17) is 17.3 Å². The summed E-state index contributed by atoms with van der Waals surface area (Å²) in [6, 6.07) is 6.82. The molecule has 0 amide bonds. The van der Waals surface area contributed by atoms with Gasteiger partial charge in [-0.1, -0.05) is 23.7 Å². The summed E-state index contributed by atoms with van der Waals surface area (Å²) in [6.45, 7) is 0. The number of nitrogens with zero attached hydrogens (tertiary/aromatic N) is 4. The third-order valence-electron chi connectivity index (χ3n) is 2.90. The lowest BCUT2D eigenvalue weighted by Gasteiger charge is -1.99. The van der Waals surface area contributed by atoms with E-state index in [-0.39, 0.29) is 11.5 Å². The summed E-state index contributed by atoms with van der Waals surface area (Å²) in [5.41, 5.74) is 7.07. The molecule has 7 nitrogen and oxygen atoms in total. The highest BCUT2D eigenvalue weighted by Crippen LogP contribution is 2.31. The van der Waals surface area contributed by atoms with Crippen molar-refractivity contribution in [2.24, 2.45) is 0 Å². The summed E-state index contributed by atoms with van der Waals surface area (Å²) in [7, 11) is -3.61. The number of fused-ring (bicyclic) bond motifs is 1. The minimum atomic E-state index is -3.61. The summed E-state index contributed by atoms with van der Waals surface area (Å²) < 4.78 is 24.5. The van der Waals surface area contributed by atoms with Gasteiger partial charge in [0.1, 0.15) is 17.8 Å². The van der Waals surface area contributed by atoms with Gasteiger partial charge in [-0.3, -0.25) is 0 Å². The maximum absolute atomic E-state index is 11.8. The Bertz CT molecular complexity index is 934.